The molecule has 3 nitrogen and oxygen atoms in total. The molecule has 1 fully saturated rings. The lowest BCUT2D eigenvalue weighted by Crippen LogP contribution is -2.50. The van der Waals surface area contributed by atoms with Gasteiger partial charge in [0.2, 0.25) is 5.91 Å². The first-order chi connectivity index (χ1) is 7.50. The minimum Gasteiger partial charge on any atom is -0.353 e. The van der Waals surface area contributed by atoms with Crippen LogP contribution in [0.4, 0.5) is 0 Å². The van der Waals surface area contributed by atoms with Gasteiger partial charge in [0.05, 0.1) is 0 Å². The summed E-state index contributed by atoms with van der Waals surface area (Å²) in [6.07, 6.45) is 2.26. The lowest BCUT2D eigenvalue weighted by Gasteiger charge is -2.32. The molecule has 1 rings (SSSR count). The summed E-state index contributed by atoms with van der Waals surface area (Å²) in [7, 11) is 0. The molecule has 94 valence electrons. The predicted octanol–water partition coefficient (Wildman–Crippen LogP) is 1.78. The highest BCUT2D eigenvalue weighted by molar-refractivity contribution is 5.79. The highest BCUT2D eigenvalue weighted by atomic mass is 16.1. The Morgan fingerprint density at radius 2 is 1.88 bits per heavy atom. The smallest absolute Gasteiger partial charge is 0.223 e. The highest BCUT2D eigenvalue weighted by Crippen LogP contribution is 2.16. The van der Waals surface area contributed by atoms with E-state index in [0.717, 1.165) is 19.5 Å². The number of carbonyl (C=O) groups excluding carboxylic acids is 1. The largest absolute Gasteiger partial charge is 0.353 e. The van der Waals surface area contributed by atoms with Crippen LogP contribution in [-0.4, -0.2) is 25.0 Å². The van der Waals surface area contributed by atoms with Crippen LogP contribution in [0, 0.1) is 17.8 Å². The highest BCUT2D eigenvalue weighted by Gasteiger charge is 2.29. The monoisotopic (exact) mass is 226 g/mol. The van der Waals surface area contributed by atoms with Gasteiger partial charge in [0, 0.05) is 12.0 Å². The topological polar surface area (TPSA) is 41.1 Å². The van der Waals surface area contributed by atoms with E-state index in [1.54, 1.807) is 0 Å². The van der Waals surface area contributed by atoms with Crippen molar-refractivity contribution in [2.75, 3.05) is 13.1 Å². The standard InChI is InChI=1S/C13H26N2O/c1-9(2)5-6-10(3)15-13(16)11(4)12-7-14-8-12/h9-12,14H,5-8H2,1-4H3,(H,15,16). The number of hydrogen-bond acceptors (Lipinski definition) is 2. The fourth-order valence-corrected chi connectivity index (χ4v) is 1.91. The molecule has 0 aromatic rings. The molecule has 0 bridgehead atoms. The Bertz CT molecular complexity index is 224. The van der Waals surface area contributed by atoms with Crippen LogP contribution in [0.3, 0.4) is 0 Å². The summed E-state index contributed by atoms with van der Waals surface area (Å²) in [6.45, 7) is 10.6. The van der Waals surface area contributed by atoms with E-state index in [4.69, 9.17) is 0 Å². The number of amides is 1. The molecule has 1 aliphatic heterocycles. The molecule has 3 heteroatoms. The zero-order valence-electron chi connectivity index (χ0n) is 11.0. The Morgan fingerprint density at radius 3 is 2.31 bits per heavy atom. The average Bonchev–Trinajstić information content (AvgIpc) is 2.11. The van der Waals surface area contributed by atoms with Crippen molar-refractivity contribution in [3.05, 3.63) is 0 Å². The van der Waals surface area contributed by atoms with Crippen molar-refractivity contribution in [3.63, 3.8) is 0 Å². The Kier molecular flexibility index (Phi) is 5.26. The van der Waals surface area contributed by atoms with Gasteiger partial charge in [-0.1, -0.05) is 20.8 Å². The molecule has 16 heavy (non-hydrogen) atoms. The molecule has 2 unspecified atom stereocenters. The minimum atomic E-state index is 0.155. The van der Waals surface area contributed by atoms with E-state index in [-0.39, 0.29) is 11.8 Å². The molecule has 2 N–H and O–H groups in total. The molecule has 0 aromatic carbocycles. The van der Waals surface area contributed by atoms with Gasteiger partial charge in [-0.15, -0.1) is 0 Å². The summed E-state index contributed by atoms with van der Waals surface area (Å²) in [5.41, 5.74) is 0. The van der Waals surface area contributed by atoms with Crippen molar-refractivity contribution < 1.29 is 4.79 Å². The van der Waals surface area contributed by atoms with E-state index in [1.807, 2.05) is 6.92 Å². The summed E-state index contributed by atoms with van der Waals surface area (Å²) in [4.78, 5) is 11.9. The molecule has 1 saturated heterocycles. The molecule has 0 spiro atoms. The lowest BCUT2D eigenvalue weighted by molar-refractivity contribution is -0.127. The van der Waals surface area contributed by atoms with Crippen molar-refractivity contribution in [1.29, 1.82) is 0 Å². The maximum atomic E-state index is 11.9. The first-order valence-corrected chi connectivity index (χ1v) is 6.51. The van der Waals surface area contributed by atoms with E-state index in [0.29, 0.717) is 17.9 Å². The van der Waals surface area contributed by atoms with Crippen molar-refractivity contribution in [2.45, 2.75) is 46.6 Å². The molecule has 1 heterocycles. The van der Waals surface area contributed by atoms with Crippen molar-refractivity contribution in [3.8, 4) is 0 Å². The number of hydrogen-bond donors (Lipinski definition) is 2. The summed E-state index contributed by atoms with van der Waals surface area (Å²) < 4.78 is 0. The third-order valence-corrected chi connectivity index (χ3v) is 3.50. The summed E-state index contributed by atoms with van der Waals surface area (Å²) in [5.74, 6) is 1.63. The van der Waals surface area contributed by atoms with E-state index < -0.39 is 0 Å². The fraction of sp³-hybridized carbons (Fsp3) is 0.923. The van der Waals surface area contributed by atoms with Gasteiger partial charge in [-0.3, -0.25) is 4.79 Å². The molecule has 1 aliphatic rings. The molecule has 0 saturated carbocycles. The van der Waals surface area contributed by atoms with Gasteiger partial charge in [0.25, 0.3) is 0 Å². The van der Waals surface area contributed by atoms with Crippen LogP contribution >= 0.6 is 0 Å². The van der Waals surface area contributed by atoms with E-state index in [9.17, 15) is 4.79 Å². The quantitative estimate of drug-likeness (QED) is 0.725. The normalized spacial score (nSPS) is 20.3. The van der Waals surface area contributed by atoms with Crippen LogP contribution in [0.1, 0.15) is 40.5 Å². The second kappa shape index (κ2) is 6.24. The van der Waals surface area contributed by atoms with Gasteiger partial charge in [0.1, 0.15) is 0 Å². The number of rotatable bonds is 6. The maximum Gasteiger partial charge on any atom is 0.223 e. The van der Waals surface area contributed by atoms with Gasteiger partial charge >= 0.3 is 0 Å². The van der Waals surface area contributed by atoms with E-state index >= 15 is 0 Å². The van der Waals surface area contributed by atoms with Gasteiger partial charge in [-0.2, -0.15) is 0 Å². The zero-order valence-corrected chi connectivity index (χ0v) is 11.0. The second-order valence-electron chi connectivity index (χ2n) is 5.59. The third kappa shape index (κ3) is 4.12. The first kappa shape index (κ1) is 13.5. The van der Waals surface area contributed by atoms with Gasteiger partial charge < -0.3 is 10.6 Å². The molecular weight excluding hydrogens is 200 g/mol. The van der Waals surface area contributed by atoms with Crippen molar-refractivity contribution >= 4 is 5.91 Å². The van der Waals surface area contributed by atoms with Crippen LogP contribution in [0.5, 0.6) is 0 Å². The van der Waals surface area contributed by atoms with Crippen LogP contribution < -0.4 is 10.6 Å². The number of carbonyl (C=O) groups is 1. The van der Waals surface area contributed by atoms with E-state index in [2.05, 4.69) is 31.4 Å². The Morgan fingerprint density at radius 1 is 1.25 bits per heavy atom. The lowest BCUT2D eigenvalue weighted by atomic mass is 9.88. The van der Waals surface area contributed by atoms with Crippen LogP contribution in [0.2, 0.25) is 0 Å². The van der Waals surface area contributed by atoms with Crippen molar-refractivity contribution in [1.82, 2.24) is 10.6 Å². The Labute approximate surface area is 99.4 Å². The van der Waals surface area contributed by atoms with Gasteiger partial charge in [-0.05, 0) is 44.7 Å². The maximum absolute atomic E-state index is 11.9. The average molecular weight is 226 g/mol. The minimum absolute atomic E-state index is 0.155. The van der Waals surface area contributed by atoms with Crippen LogP contribution in [-0.2, 0) is 4.79 Å². The summed E-state index contributed by atoms with van der Waals surface area (Å²) in [6, 6.07) is 0.311. The molecule has 0 radical (unpaired) electrons. The fourth-order valence-electron chi connectivity index (χ4n) is 1.91. The SMILES string of the molecule is CC(C)CCC(C)NC(=O)C(C)C1CNC1. The van der Waals surface area contributed by atoms with Gasteiger partial charge in [0.15, 0.2) is 0 Å². The number of nitrogens with one attached hydrogen (secondary N) is 2. The van der Waals surface area contributed by atoms with Gasteiger partial charge in [-0.25, -0.2) is 0 Å². The third-order valence-electron chi connectivity index (χ3n) is 3.50. The second-order valence-corrected chi connectivity index (χ2v) is 5.59. The van der Waals surface area contributed by atoms with Crippen molar-refractivity contribution in [2.24, 2.45) is 17.8 Å². The molecule has 0 aliphatic carbocycles. The van der Waals surface area contributed by atoms with Crippen LogP contribution in [0.15, 0.2) is 0 Å². The molecule has 2 atom stereocenters. The Hall–Kier alpha value is -0.570. The molecule has 0 aromatic heterocycles. The molecular formula is C13H26N2O. The summed E-state index contributed by atoms with van der Waals surface area (Å²) in [5, 5.41) is 6.33. The summed E-state index contributed by atoms with van der Waals surface area (Å²) >= 11 is 0. The zero-order chi connectivity index (χ0) is 12.1. The Balaban J connectivity index is 2.21. The first-order valence-electron chi connectivity index (χ1n) is 6.51. The molecule has 1 amide bonds. The van der Waals surface area contributed by atoms with E-state index in [1.165, 1.54) is 6.42 Å². The van der Waals surface area contributed by atoms with Crippen LogP contribution in [0.25, 0.3) is 0 Å². The predicted molar refractivity (Wildman–Crippen MR) is 67.2 cm³/mol.